The van der Waals surface area contributed by atoms with Gasteiger partial charge in [-0.05, 0) is 25.8 Å². The Balaban J connectivity index is 2.01. The van der Waals surface area contributed by atoms with Gasteiger partial charge in [0.25, 0.3) is 5.91 Å². The highest BCUT2D eigenvalue weighted by Gasteiger charge is 2.13. The molecule has 0 spiro atoms. The molecular formula is C18H26N4O3. The first-order valence-corrected chi connectivity index (χ1v) is 8.78. The highest BCUT2D eigenvalue weighted by atomic mass is 16.5. The van der Waals surface area contributed by atoms with E-state index in [4.69, 9.17) is 4.74 Å². The number of nitrogens with zero attached hydrogens (tertiary/aromatic N) is 1. The molecule has 0 fully saturated rings. The van der Waals surface area contributed by atoms with E-state index in [-0.39, 0.29) is 11.8 Å². The number of nitrogens with one attached hydrogen (secondary N) is 3. The highest BCUT2D eigenvalue weighted by molar-refractivity contribution is 6.07. The number of amides is 2. The van der Waals surface area contributed by atoms with E-state index in [2.05, 4.69) is 20.6 Å². The number of carbonyl (C=O) groups is 2. The van der Waals surface area contributed by atoms with Gasteiger partial charge in [0.05, 0.1) is 17.4 Å². The molecule has 0 atom stereocenters. The lowest BCUT2D eigenvalue weighted by Crippen LogP contribution is -2.25. The average molecular weight is 346 g/mol. The Kier molecular flexibility index (Phi) is 7.40. The van der Waals surface area contributed by atoms with E-state index < -0.39 is 0 Å². The number of carbonyl (C=O) groups excluding carboxylic acids is 2. The fraction of sp³-hybridized carbons (Fsp3) is 0.500. The number of aromatic nitrogens is 2. The maximum absolute atomic E-state index is 12.3. The second-order valence-electron chi connectivity index (χ2n) is 5.78. The van der Waals surface area contributed by atoms with Gasteiger partial charge >= 0.3 is 0 Å². The summed E-state index contributed by atoms with van der Waals surface area (Å²) in [5, 5.41) is 6.39. The lowest BCUT2D eigenvalue weighted by atomic mass is 10.2. The van der Waals surface area contributed by atoms with Crippen LogP contribution in [0.25, 0.3) is 11.0 Å². The predicted molar refractivity (Wildman–Crippen MR) is 97.7 cm³/mol. The van der Waals surface area contributed by atoms with Crippen molar-refractivity contribution in [2.75, 3.05) is 25.1 Å². The molecule has 0 unspecified atom stereocenters. The summed E-state index contributed by atoms with van der Waals surface area (Å²) in [6, 6.07) is 1.78. The maximum atomic E-state index is 12.3. The maximum Gasteiger partial charge on any atom is 0.253 e. The monoisotopic (exact) mass is 346 g/mol. The second kappa shape index (κ2) is 9.78. The minimum absolute atomic E-state index is 0.0412. The molecule has 0 aliphatic carbocycles. The number of H-pyrrole nitrogens is 1. The smallest absolute Gasteiger partial charge is 0.253 e. The van der Waals surface area contributed by atoms with Crippen molar-refractivity contribution in [3.8, 4) is 0 Å². The number of unbranched alkanes of at least 4 members (excludes halogenated alkanes) is 1. The molecule has 0 saturated carbocycles. The van der Waals surface area contributed by atoms with Crippen molar-refractivity contribution in [1.82, 2.24) is 15.3 Å². The van der Waals surface area contributed by atoms with Crippen molar-refractivity contribution in [1.29, 1.82) is 0 Å². The van der Waals surface area contributed by atoms with Crippen LogP contribution < -0.4 is 10.6 Å². The molecule has 25 heavy (non-hydrogen) atoms. The highest BCUT2D eigenvalue weighted by Crippen LogP contribution is 2.20. The zero-order chi connectivity index (χ0) is 18.1. The first kappa shape index (κ1) is 18.9. The van der Waals surface area contributed by atoms with Crippen LogP contribution in [0.4, 0.5) is 5.69 Å². The molecule has 0 bridgehead atoms. The molecule has 2 rings (SSSR count). The minimum Gasteiger partial charge on any atom is -0.382 e. The number of hydrogen-bond donors (Lipinski definition) is 3. The quantitative estimate of drug-likeness (QED) is 0.576. The summed E-state index contributed by atoms with van der Waals surface area (Å²) in [6.45, 7) is 5.83. The molecular weight excluding hydrogens is 320 g/mol. The van der Waals surface area contributed by atoms with E-state index in [1.807, 2.05) is 13.8 Å². The van der Waals surface area contributed by atoms with Crippen molar-refractivity contribution in [3.63, 3.8) is 0 Å². The van der Waals surface area contributed by atoms with Gasteiger partial charge in [-0.3, -0.25) is 9.59 Å². The molecule has 2 amide bonds. The molecule has 3 N–H and O–H groups in total. The van der Waals surface area contributed by atoms with Crippen LogP contribution in [0.15, 0.2) is 18.5 Å². The molecule has 7 heteroatoms. The normalized spacial score (nSPS) is 10.8. The summed E-state index contributed by atoms with van der Waals surface area (Å²) >= 11 is 0. The Morgan fingerprint density at radius 2 is 2.12 bits per heavy atom. The van der Waals surface area contributed by atoms with Gasteiger partial charge in [0, 0.05) is 37.8 Å². The number of rotatable bonds is 10. The fourth-order valence-corrected chi connectivity index (χ4v) is 2.44. The molecule has 0 aromatic carbocycles. The average Bonchev–Trinajstić information content (AvgIpc) is 3.03. The van der Waals surface area contributed by atoms with Crippen molar-refractivity contribution < 1.29 is 14.3 Å². The third-order valence-corrected chi connectivity index (χ3v) is 3.77. The van der Waals surface area contributed by atoms with Crippen molar-refractivity contribution in [2.24, 2.45) is 0 Å². The number of anilines is 1. The third-order valence-electron chi connectivity index (χ3n) is 3.77. The molecule has 0 saturated heterocycles. The largest absolute Gasteiger partial charge is 0.382 e. The lowest BCUT2D eigenvalue weighted by Gasteiger charge is -2.06. The van der Waals surface area contributed by atoms with E-state index >= 15 is 0 Å². The SMILES string of the molecule is CCCCC(=O)Nc1cnc2[nH]cc(C(=O)NCCCOCC)c2c1. The Morgan fingerprint density at radius 1 is 1.28 bits per heavy atom. The van der Waals surface area contributed by atoms with Crippen molar-refractivity contribution >= 4 is 28.5 Å². The molecule has 2 aromatic heterocycles. The molecule has 2 aromatic rings. The van der Waals surface area contributed by atoms with E-state index in [9.17, 15) is 9.59 Å². The summed E-state index contributed by atoms with van der Waals surface area (Å²) in [6.07, 6.45) is 6.29. The molecule has 0 aliphatic rings. The zero-order valence-electron chi connectivity index (χ0n) is 14.9. The number of aromatic amines is 1. The summed E-state index contributed by atoms with van der Waals surface area (Å²) in [5.74, 6) is -0.209. The Bertz CT molecular complexity index is 711. The van der Waals surface area contributed by atoms with Gasteiger partial charge in [0.2, 0.25) is 5.91 Å². The van der Waals surface area contributed by atoms with Crippen LogP contribution in [-0.2, 0) is 9.53 Å². The Morgan fingerprint density at radius 3 is 2.88 bits per heavy atom. The van der Waals surface area contributed by atoms with E-state index in [0.717, 1.165) is 19.3 Å². The van der Waals surface area contributed by atoms with Crippen molar-refractivity contribution in [3.05, 3.63) is 24.0 Å². The fourth-order valence-electron chi connectivity index (χ4n) is 2.44. The summed E-state index contributed by atoms with van der Waals surface area (Å²) in [4.78, 5) is 31.4. The summed E-state index contributed by atoms with van der Waals surface area (Å²) in [5.41, 5.74) is 1.73. The first-order valence-electron chi connectivity index (χ1n) is 8.78. The Hall–Kier alpha value is -2.41. The van der Waals surface area contributed by atoms with Crippen molar-refractivity contribution in [2.45, 2.75) is 39.5 Å². The van der Waals surface area contributed by atoms with Gasteiger partial charge in [-0.25, -0.2) is 4.98 Å². The molecule has 136 valence electrons. The van der Waals surface area contributed by atoms with Gasteiger partial charge in [-0.1, -0.05) is 13.3 Å². The number of hydrogen-bond acceptors (Lipinski definition) is 4. The van der Waals surface area contributed by atoms with Gasteiger partial charge in [0.15, 0.2) is 0 Å². The standard InChI is InChI=1S/C18H26N4O3/c1-3-5-7-16(23)22-13-10-14-15(12-21-17(14)20-11-13)18(24)19-8-6-9-25-4-2/h10-12H,3-9H2,1-2H3,(H,19,24)(H,20,21)(H,22,23). The van der Waals surface area contributed by atoms with Crippen LogP contribution in [0, 0.1) is 0 Å². The van der Waals surface area contributed by atoms with Crippen LogP contribution >= 0.6 is 0 Å². The Labute approximate surface area is 147 Å². The van der Waals surface area contributed by atoms with Gasteiger partial charge in [0.1, 0.15) is 5.65 Å². The van der Waals surface area contributed by atoms with Gasteiger partial charge in [-0.2, -0.15) is 0 Å². The van der Waals surface area contributed by atoms with Gasteiger partial charge < -0.3 is 20.4 Å². The first-order chi connectivity index (χ1) is 12.2. The number of fused-ring (bicyclic) bond motifs is 1. The summed E-state index contributed by atoms with van der Waals surface area (Å²) in [7, 11) is 0. The molecule has 7 nitrogen and oxygen atoms in total. The van der Waals surface area contributed by atoms with E-state index in [0.29, 0.717) is 48.5 Å². The van der Waals surface area contributed by atoms with Crippen LogP contribution in [0.5, 0.6) is 0 Å². The van der Waals surface area contributed by atoms with Gasteiger partial charge in [-0.15, -0.1) is 0 Å². The molecule has 0 aliphatic heterocycles. The second-order valence-corrected chi connectivity index (χ2v) is 5.78. The van der Waals surface area contributed by atoms with E-state index in [1.165, 1.54) is 0 Å². The van der Waals surface area contributed by atoms with Crippen LogP contribution in [-0.4, -0.2) is 41.5 Å². The minimum atomic E-state index is -0.168. The number of ether oxygens (including phenoxy) is 1. The van der Waals surface area contributed by atoms with E-state index in [1.54, 1.807) is 18.5 Å². The molecule has 2 heterocycles. The predicted octanol–water partition coefficient (Wildman–Crippen LogP) is 2.85. The third kappa shape index (κ3) is 5.56. The van der Waals surface area contributed by atoms with Crippen LogP contribution in [0.2, 0.25) is 0 Å². The lowest BCUT2D eigenvalue weighted by molar-refractivity contribution is -0.116. The number of pyridine rings is 1. The molecule has 0 radical (unpaired) electrons. The topological polar surface area (TPSA) is 96.1 Å². The van der Waals surface area contributed by atoms with Crippen LogP contribution in [0.3, 0.4) is 0 Å². The van der Waals surface area contributed by atoms with Crippen LogP contribution in [0.1, 0.15) is 49.9 Å². The zero-order valence-corrected chi connectivity index (χ0v) is 14.9. The summed E-state index contributed by atoms with van der Waals surface area (Å²) < 4.78 is 5.25.